The van der Waals surface area contributed by atoms with Crippen LogP contribution in [0.4, 0.5) is 0 Å². The van der Waals surface area contributed by atoms with Gasteiger partial charge in [0.15, 0.2) is 0 Å². The summed E-state index contributed by atoms with van der Waals surface area (Å²) in [4.78, 5) is 24.6. The van der Waals surface area contributed by atoms with Crippen LogP contribution in [-0.4, -0.2) is 40.6 Å². The molecule has 0 aromatic heterocycles. The Morgan fingerprint density at radius 3 is 1.55 bits per heavy atom. The van der Waals surface area contributed by atoms with E-state index in [2.05, 4.69) is 11.8 Å². The van der Waals surface area contributed by atoms with E-state index in [0.29, 0.717) is 6.42 Å². The maximum atomic E-state index is 10.9. The Morgan fingerprint density at radius 1 is 0.818 bits per heavy atom. The molecule has 0 aromatic rings. The van der Waals surface area contributed by atoms with Crippen LogP contribution in [0.25, 0.3) is 0 Å². The van der Waals surface area contributed by atoms with Gasteiger partial charge in [-0.05, 0) is 6.42 Å². The third-order valence-corrected chi connectivity index (χ3v) is 3.66. The second-order valence-corrected chi connectivity index (χ2v) is 5.68. The Labute approximate surface area is 157 Å². The standard InChI is InChI=1S/C16H31NO4.Na.H/c1-2-3-4-5-6-7-8-9-10-11-12-13-14-15-16(18)21-17(19)20;;/h2-15H2,1H3;;. The molecule has 0 bridgehead atoms. The molecular formula is C16H32NNaO4. The van der Waals surface area contributed by atoms with Gasteiger partial charge in [0.1, 0.15) is 0 Å². The first-order valence-electron chi connectivity index (χ1n) is 8.52. The van der Waals surface area contributed by atoms with Crippen LogP contribution in [0.1, 0.15) is 96.8 Å². The minimum absolute atomic E-state index is 0. The molecular weight excluding hydrogens is 293 g/mol. The average Bonchev–Trinajstić information content (AvgIpc) is 2.43. The quantitative estimate of drug-likeness (QED) is 0.192. The third-order valence-electron chi connectivity index (χ3n) is 3.66. The molecule has 0 N–H and O–H groups in total. The third kappa shape index (κ3) is 19.9. The van der Waals surface area contributed by atoms with Gasteiger partial charge in [0.2, 0.25) is 0 Å². The van der Waals surface area contributed by atoms with Crippen molar-refractivity contribution in [3.8, 4) is 0 Å². The number of nitrogens with zero attached hydrogens (tertiary/aromatic N) is 1. The number of carbonyl (C=O) groups excluding carboxylic acids is 1. The van der Waals surface area contributed by atoms with E-state index in [1.54, 1.807) is 0 Å². The van der Waals surface area contributed by atoms with E-state index < -0.39 is 11.1 Å². The van der Waals surface area contributed by atoms with E-state index in [0.717, 1.165) is 12.8 Å². The Morgan fingerprint density at radius 2 is 1.18 bits per heavy atom. The molecule has 0 saturated heterocycles. The van der Waals surface area contributed by atoms with Crippen molar-refractivity contribution in [1.82, 2.24) is 0 Å². The van der Waals surface area contributed by atoms with Crippen LogP contribution >= 0.6 is 0 Å². The van der Waals surface area contributed by atoms with Crippen molar-refractivity contribution in [1.29, 1.82) is 0 Å². The summed E-state index contributed by atoms with van der Waals surface area (Å²) in [7, 11) is 0. The van der Waals surface area contributed by atoms with Crippen LogP contribution in [-0.2, 0) is 9.63 Å². The summed E-state index contributed by atoms with van der Waals surface area (Å²) in [5.41, 5.74) is 0. The van der Waals surface area contributed by atoms with Crippen molar-refractivity contribution in [2.45, 2.75) is 96.8 Å². The fraction of sp³-hybridized carbons (Fsp3) is 0.938. The Balaban J connectivity index is 0. The molecule has 0 rings (SSSR count). The molecule has 0 atom stereocenters. The second-order valence-electron chi connectivity index (χ2n) is 5.68. The normalized spacial score (nSPS) is 10.0. The average molecular weight is 325 g/mol. The van der Waals surface area contributed by atoms with Gasteiger partial charge in [-0.1, -0.05) is 84.0 Å². The van der Waals surface area contributed by atoms with Gasteiger partial charge >= 0.3 is 40.6 Å². The topological polar surface area (TPSA) is 69.4 Å². The predicted molar refractivity (Wildman–Crippen MR) is 90.5 cm³/mol. The molecule has 0 unspecified atom stereocenters. The molecule has 22 heavy (non-hydrogen) atoms. The number of rotatable bonds is 15. The first kappa shape index (κ1) is 24.1. The van der Waals surface area contributed by atoms with Crippen LogP contribution in [0.2, 0.25) is 0 Å². The van der Waals surface area contributed by atoms with Crippen LogP contribution < -0.4 is 0 Å². The van der Waals surface area contributed by atoms with E-state index in [-0.39, 0.29) is 36.0 Å². The number of hydrogen-bond donors (Lipinski definition) is 0. The number of unbranched alkanes of at least 4 members (excludes halogenated alkanes) is 12. The Bertz CT molecular complexity index is 275. The van der Waals surface area contributed by atoms with Crippen molar-refractivity contribution in [2.24, 2.45) is 0 Å². The molecule has 0 aliphatic carbocycles. The molecule has 0 aliphatic heterocycles. The van der Waals surface area contributed by atoms with Gasteiger partial charge in [0.05, 0.1) is 0 Å². The molecule has 0 amide bonds. The Kier molecular flexibility index (Phi) is 20.7. The fourth-order valence-corrected chi connectivity index (χ4v) is 2.42. The summed E-state index contributed by atoms with van der Waals surface area (Å²) in [6, 6.07) is 0. The first-order valence-corrected chi connectivity index (χ1v) is 8.52. The molecule has 0 fully saturated rings. The second kappa shape index (κ2) is 18.9. The van der Waals surface area contributed by atoms with Gasteiger partial charge in [-0.2, -0.15) is 0 Å². The summed E-state index contributed by atoms with van der Waals surface area (Å²) in [6.45, 7) is 2.24. The summed E-state index contributed by atoms with van der Waals surface area (Å²) >= 11 is 0. The number of hydrogen-bond acceptors (Lipinski definition) is 4. The van der Waals surface area contributed by atoms with E-state index in [1.807, 2.05) is 0 Å². The fourth-order valence-electron chi connectivity index (χ4n) is 2.42. The molecule has 0 aromatic carbocycles. The zero-order valence-electron chi connectivity index (χ0n) is 13.5. The molecule has 0 radical (unpaired) electrons. The summed E-state index contributed by atoms with van der Waals surface area (Å²) in [5, 5.41) is 8.87. The van der Waals surface area contributed by atoms with Crippen molar-refractivity contribution in [2.75, 3.05) is 0 Å². The minimum atomic E-state index is -1.04. The summed E-state index contributed by atoms with van der Waals surface area (Å²) < 4.78 is 0. The van der Waals surface area contributed by atoms with E-state index in [1.165, 1.54) is 64.2 Å². The van der Waals surface area contributed by atoms with Gasteiger partial charge < -0.3 is 0 Å². The van der Waals surface area contributed by atoms with E-state index in [9.17, 15) is 14.9 Å². The van der Waals surface area contributed by atoms with Crippen LogP contribution in [0, 0.1) is 10.1 Å². The predicted octanol–water partition coefficient (Wildman–Crippen LogP) is 4.55. The van der Waals surface area contributed by atoms with E-state index in [4.69, 9.17) is 0 Å². The molecule has 0 aliphatic rings. The van der Waals surface area contributed by atoms with Gasteiger partial charge in [0.25, 0.3) is 0 Å². The van der Waals surface area contributed by atoms with Crippen molar-refractivity contribution < 1.29 is 14.7 Å². The molecule has 126 valence electrons. The summed E-state index contributed by atoms with van der Waals surface area (Å²) in [6.07, 6.45) is 16.2. The van der Waals surface area contributed by atoms with Gasteiger partial charge in [-0.15, -0.1) is 10.1 Å². The molecule has 6 heteroatoms. The maximum absolute atomic E-state index is 10.9. The van der Waals surface area contributed by atoms with Crippen LogP contribution in [0.5, 0.6) is 0 Å². The molecule has 0 saturated carbocycles. The van der Waals surface area contributed by atoms with E-state index >= 15 is 0 Å². The molecule has 0 spiro atoms. The summed E-state index contributed by atoms with van der Waals surface area (Å²) in [5.74, 6) is -0.733. The first-order chi connectivity index (χ1) is 10.2. The zero-order valence-corrected chi connectivity index (χ0v) is 13.5. The van der Waals surface area contributed by atoms with Gasteiger partial charge in [-0.3, -0.25) is 4.79 Å². The van der Waals surface area contributed by atoms with Crippen molar-refractivity contribution >= 4 is 35.5 Å². The van der Waals surface area contributed by atoms with Crippen LogP contribution in [0.3, 0.4) is 0 Å². The molecule has 5 nitrogen and oxygen atoms in total. The molecule has 0 heterocycles. The Hall–Kier alpha value is -0.130. The number of carbonyl (C=O) groups is 1. The van der Waals surface area contributed by atoms with Gasteiger partial charge in [0, 0.05) is 6.42 Å². The van der Waals surface area contributed by atoms with Gasteiger partial charge in [-0.25, -0.2) is 4.84 Å². The SMILES string of the molecule is CCCCCCCCCCCCCCCC(=O)O[N+](=O)[O-].[NaH]. The zero-order chi connectivity index (χ0) is 15.8. The monoisotopic (exact) mass is 325 g/mol. The van der Waals surface area contributed by atoms with Crippen molar-refractivity contribution in [3.63, 3.8) is 0 Å². The van der Waals surface area contributed by atoms with Crippen molar-refractivity contribution in [3.05, 3.63) is 10.1 Å². The van der Waals surface area contributed by atoms with Crippen LogP contribution in [0.15, 0.2) is 0 Å².